The van der Waals surface area contributed by atoms with Crippen molar-refractivity contribution < 1.29 is 18.8 Å². The van der Waals surface area contributed by atoms with E-state index in [-0.39, 0.29) is 12.5 Å². The number of aromatic nitrogens is 1. The van der Waals surface area contributed by atoms with Gasteiger partial charge in [0, 0.05) is 37.1 Å². The Hall–Kier alpha value is -3.23. The van der Waals surface area contributed by atoms with E-state index in [9.17, 15) is 9.59 Å². The number of nitrogens with one attached hydrogen (secondary N) is 1. The molecule has 42 heavy (non-hydrogen) atoms. The summed E-state index contributed by atoms with van der Waals surface area (Å²) in [5.74, 6) is -0.810. The monoisotopic (exact) mass is 591 g/mol. The Kier molecular flexibility index (Phi) is 11.0. The number of ether oxygens (including phenoxy) is 1. The van der Waals surface area contributed by atoms with Crippen molar-refractivity contribution in [3.63, 3.8) is 0 Å². The highest BCUT2D eigenvalue weighted by Gasteiger charge is 2.45. The molecule has 1 N–H and O–H groups in total. The predicted molar refractivity (Wildman–Crippen MR) is 174 cm³/mol. The van der Waals surface area contributed by atoms with Crippen LogP contribution in [-0.4, -0.2) is 49.4 Å². The van der Waals surface area contributed by atoms with Crippen molar-refractivity contribution in [2.24, 2.45) is 0 Å². The minimum absolute atomic E-state index is 0.165. The molecular weight excluding hydrogens is 542 g/mol. The second-order valence-corrected chi connectivity index (χ2v) is 18.6. The number of anilines is 1. The summed E-state index contributed by atoms with van der Waals surface area (Å²) in [5.41, 5.74) is 3.44. The van der Waals surface area contributed by atoms with Crippen molar-refractivity contribution in [3.05, 3.63) is 72.1 Å². The molecule has 1 heterocycles. The van der Waals surface area contributed by atoms with Crippen molar-refractivity contribution in [2.75, 3.05) is 18.9 Å². The number of carbonyl (C=O) groups is 2. The molecule has 228 valence electrons. The highest BCUT2D eigenvalue weighted by Crippen LogP contribution is 2.42. The topological polar surface area (TPSA) is 80.8 Å². The molecule has 2 aromatic carbocycles. The second kappa shape index (κ2) is 13.8. The maximum absolute atomic E-state index is 13.7. The van der Waals surface area contributed by atoms with Gasteiger partial charge in [-0.3, -0.25) is 9.78 Å². The third-order valence-corrected chi connectivity index (χ3v) is 14.0. The molecule has 0 spiro atoms. The number of amides is 2. The Morgan fingerprint density at radius 2 is 1.52 bits per heavy atom. The SMILES string of the molecule is CC(C)[Si](OCc1ccc(C(CN(C)C(=O)OC(C)(C)C)C(=O)Nc2ccc3cnccc3c2)cc1)(C(C)C)C(C)C. The van der Waals surface area contributed by atoms with Crippen LogP contribution in [-0.2, 0) is 20.6 Å². The lowest BCUT2D eigenvalue weighted by molar-refractivity contribution is -0.117. The lowest BCUT2D eigenvalue weighted by Gasteiger charge is -2.42. The average Bonchev–Trinajstić information content (AvgIpc) is 2.90. The zero-order valence-electron chi connectivity index (χ0n) is 27.0. The molecule has 0 bridgehead atoms. The lowest BCUT2D eigenvalue weighted by atomic mass is 9.96. The molecule has 1 unspecified atom stereocenters. The summed E-state index contributed by atoms with van der Waals surface area (Å²) in [6.07, 6.45) is 3.05. The Balaban J connectivity index is 1.85. The smallest absolute Gasteiger partial charge is 0.410 e. The van der Waals surface area contributed by atoms with Crippen LogP contribution in [0.1, 0.15) is 79.4 Å². The van der Waals surface area contributed by atoms with E-state index in [1.54, 1.807) is 19.4 Å². The van der Waals surface area contributed by atoms with Crippen LogP contribution in [0.3, 0.4) is 0 Å². The summed E-state index contributed by atoms with van der Waals surface area (Å²) in [4.78, 5) is 32.2. The fraction of sp³-hybridized carbons (Fsp3) is 0.500. The van der Waals surface area contributed by atoms with E-state index in [0.29, 0.717) is 28.9 Å². The van der Waals surface area contributed by atoms with Crippen molar-refractivity contribution >= 4 is 36.8 Å². The van der Waals surface area contributed by atoms with Crippen molar-refractivity contribution in [3.8, 4) is 0 Å². The summed E-state index contributed by atoms with van der Waals surface area (Å²) in [5, 5.41) is 5.04. The second-order valence-electron chi connectivity index (χ2n) is 13.2. The standard InChI is InChI=1S/C34H49N3O4Si/c1-23(2)42(24(3)4,25(5)6)40-22-26-11-13-27(14-12-26)31(21-37(10)33(39)41-34(7,8)9)32(38)36-30-16-15-29-20-35-18-17-28(29)19-30/h11-20,23-25,31H,21-22H2,1-10H3,(H,36,38). The Morgan fingerprint density at radius 3 is 2.10 bits per heavy atom. The van der Waals surface area contributed by atoms with Crippen LogP contribution in [0.15, 0.2) is 60.9 Å². The van der Waals surface area contributed by atoms with Crippen LogP contribution in [0.5, 0.6) is 0 Å². The van der Waals surface area contributed by atoms with Crippen LogP contribution >= 0.6 is 0 Å². The van der Waals surface area contributed by atoms with Gasteiger partial charge < -0.3 is 19.4 Å². The highest BCUT2D eigenvalue weighted by molar-refractivity contribution is 6.77. The van der Waals surface area contributed by atoms with Crippen molar-refractivity contribution in [1.29, 1.82) is 0 Å². The van der Waals surface area contributed by atoms with Gasteiger partial charge in [0.2, 0.25) is 14.2 Å². The average molecular weight is 592 g/mol. The van der Waals surface area contributed by atoms with Gasteiger partial charge in [0.1, 0.15) is 5.60 Å². The third kappa shape index (κ3) is 8.19. The zero-order valence-corrected chi connectivity index (χ0v) is 28.0. The van der Waals surface area contributed by atoms with E-state index >= 15 is 0 Å². The van der Waals surface area contributed by atoms with Crippen LogP contribution in [0.2, 0.25) is 16.6 Å². The number of hydrogen-bond donors (Lipinski definition) is 1. The van der Waals surface area contributed by atoms with E-state index in [0.717, 1.165) is 21.9 Å². The number of benzene rings is 2. The van der Waals surface area contributed by atoms with Gasteiger partial charge in [-0.1, -0.05) is 71.9 Å². The summed E-state index contributed by atoms with van der Waals surface area (Å²) in [6.45, 7) is 19.9. The molecule has 0 aliphatic rings. The number of pyridine rings is 1. The minimum Gasteiger partial charge on any atom is -0.444 e. The van der Waals surface area contributed by atoms with E-state index in [2.05, 4.69) is 51.8 Å². The van der Waals surface area contributed by atoms with Gasteiger partial charge in [-0.05, 0) is 72.1 Å². The fourth-order valence-corrected chi connectivity index (χ4v) is 11.4. The number of hydrogen-bond acceptors (Lipinski definition) is 5. The largest absolute Gasteiger partial charge is 0.444 e. The summed E-state index contributed by atoms with van der Waals surface area (Å²) in [6, 6.07) is 15.7. The van der Waals surface area contributed by atoms with Gasteiger partial charge in [0.15, 0.2) is 0 Å². The maximum atomic E-state index is 13.7. The van der Waals surface area contributed by atoms with Gasteiger partial charge in [-0.25, -0.2) is 4.79 Å². The highest BCUT2D eigenvalue weighted by atomic mass is 28.4. The van der Waals surface area contributed by atoms with E-state index in [4.69, 9.17) is 9.16 Å². The lowest BCUT2D eigenvalue weighted by Crippen LogP contribution is -2.47. The quantitative estimate of drug-likeness (QED) is 0.226. The number of carbonyl (C=O) groups excluding carboxylic acids is 2. The van der Waals surface area contributed by atoms with Gasteiger partial charge in [0.25, 0.3) is 0 Å². The zero-order chi connectivity index (χ0) is 31.2. The van der Waals surface area contributed by atoms with E-state index in [1.165, 1.54) is 4.90 Å². The Labute approximate surface area is 253 Å². The minimum atomic E-state index is -2.01. The number of rotatable bonds is 11. The number of nitrogens with zero attached hydrogens (tertiary/aromatic N) is 2. The van der Waals surface area contributed by atoms with Crippen LogP contribution < -0.4 is 5.32 Å². The van der Waals surface area contributed by atoms with Gasteiger partial charge >= 0.3 is 6.09 Å². The molecule has 0 saturated heterocycles. The van der Waals surface area contributed by atoms with Crippen LogP contribution in [0, 0.1) is 0 Å². The molecule has 7 nitrogen and oxygen atoms in total. The fourth-order valence-electron chi connectivity index (χ4n) is 5.97. The van der Waals surface area contributed by atoms with Crippen LogP contribution in [0.25, 0.3) is 10.8 Å². The van der Waals surface area contributed by atoms with Crippen molar-refractivity contribution in [1.82, 2.24) is 9.88 Å². The van der Waals surface area contributed by atoms with Crippen LogP contribution in [0.4, 0.5) is 10.5 Å². The molecule has 2 amide bonds. The summed E-state index contributed by atoms with van der Waals surface area (Å²) in [7, 11) is -0.347. The third-order valence-electron chi connectivity index (χ3n) is 7.96. The normalized spacial score (nSPS) is 13.1. The van der Waals surface area contributed by atoms with E-state index < -0.39 is 25.9 Å². The molecule has 1 atom stereocenters. The van der Waals surface area contributed by atoms with Gasteiger partial charge in [-0.15, -0.1) is 0 Å². The number of likely N-dealkylation sites (N-methyl/N-ethyl adjacent to an activating group) is 1. The molecule has 0 aliphatic carbocycles. The molecular formula is C34H49N3O4Si. The molecule has 3 aromatic rings. The first-order chi connectivity index (χ1) is 19.6. The first-order valence-corrected chi connectivity index (χ1v) is 17.1. The summed E-state index contributed by atoms with van der Waals surface area (Å²) >= 11 is 0. The van der Waals surface area contributed by atoms with Gasteiger partial charge in [-0.2, -0.15) is 0 Å². The maximum Gasteiger partial charge on any atom is 0.410 e. The Bertz CT molecular complexity index is 1330. The van der Waals surface area contributed by atoms with Crippen molar-refractivity contribution in [2.45, 2.75) is 97.1 Å². The molecule has 0 saturated carbocycles. The predicted octanol–water partition coefficient (Wildman–Crippen LogP) is 8.52. The molecule has 0 radical (unpaired) electrons. The molecule has 8 heteroatoms. The first kappa shape index (κ1) is 33.3. The Morgan fingerprint density at radius 1 is 0.905 bits per heavy atom. The molecule has 0 aliphatic heterocycles. The van der Waals surface area contributed by atoms with E-state index in [1.807, 2.05) is 69.3 Å². The molecule has 0 fully saturated rings. The molecule has 3 rings (SSSR count). The summed E-state index contributed by atoms with van der Waals surface area (Å²) < 4.78 is 12.4. The first-order valence-electron chi connectivity index (χ1n) is 15.0. The van der Waals surface area contributed by atoms with Gasteiger partial charge in [0.05, 0.1) is 12.5 Å². The number of fused-ring (bicyclic) bond motifs is 1. The molecule has 1 aromatic heterocycles.